The van der Waals surface area contributed by atoms with E-state index in [4.69, 9.17) is 11.6 Å². The van der Waals surface area contributed by atoms with Crippen molar-refractivity contribution in [3.05, 3.63) is 136 Å². The lowest BCUT2D eigenvalue weighted by molar-refractivity contribution is 0.254. The summed E-state index contributed by atoms with van der Waals surface area (Å²) in [6, 6.07) is 15.5. The lowest BCUT2D eigenvalue weighted by atomic mass is 9.69. The maximum absolute atomic E-state index is 14.4. The number of hydrogen-bond donors (Lipinski definition) is 4. The van der Waals surface area contributed by atoms with Crippen LogP contribution in [-0.4, -0.2) is 22.8 Å². The molecule has 15 heteroatoms. The van der Waals surface area contributed by atoms with Crippen LogP contribution in [0.2, 0.25) is 5.02 Å². The van der Waals surface area contributed by atoms with Gasteiger partial charge in [-0.3, -0.25) is 9.99 Å². The van der Waals surface area contributed by atoms with Crippen molar-refractivity contribution in [2.75, 3.05) is 10.6 Å². The Balaban J connectivity index is 1.42. The third kappa shape index (κ3) is 5.85. The smallest absolute Gasteiger partial charge is 0.249 e. The molecule has 2 aromatic heterocycles. The van der Waals surface area contributed by atoms with Crippen molar-refractivity contribution in [3.8, 4) is 6.07 Å². The molecule has 0 fully saturated rings. The molecular formula is C31H21BClF5N8. The first-order valence-electron chi connectivity index (χ1n) is 13.6. The number of nitrogens with one attached hydrogen (secondary N) is 4. The van der Waals surface area contributed by atoms with Gasteiger partial charge in [0.1, 0.15) is 31.4 Å². The van der Waals surface area contributed by atoms with Gasteiger partial charge >= 0.3 is 0 Å². The van der Waals surface area contributed by atoms with Gasteiger partial charge in [0.25, 0.3) is 0 Å². The van der Waals surface area contributed by atoms with Crippen molar-refractivity contribution >= 4 is 47.4 Å². The van der Waals surface area contributed by atoms with Gasteiger partial charge in [-0.2, -0.15) is 9.65 Å². The van der Waals surface area contributed by atoms with Gasteiger partial charge < -0.3 is 16.1 Å². The second-order valence-corrected chi connectivity index (χ2v) is 10.9. The van der Waals surface area contributed by atoms with E-state index in [0.717, 1.165) is 12.3 Å². The predicted octanol–water partition coefficient (Wildman–Crippen LogP) is 5.86. The van der Waals surface area contributed by atoms with E-state index in [-0.39, 0.29) is 34.1 Å². The molecule has 0 spiro atoms. The molecule has 8 nitrogen and oxygen atoms in total. The molecule has 1 aliphatic rings. The van der Waals surface area contributed by atoms with Gasteiger partial charge in [0.2, 0.25) is 5.95 Å². The standard InChI is InChI=1S/C31H21BClF5N8/c32-31(17-4-6-18(34)7-5-17,27-15-46(45-44-27)14-22-24(35)2-1-3-25(22)36)43-19-8-21-28(42-20-10-26(37)30(38)41-13-20)16(11-39)12-40-29(21)23(33)9-19/h1-10,12-13,15,43-45H,14,32H2,(H,40,42). The molecule has 46 heavy (non-hydrogen) atoms. The Morgan fingerprint density at radius 2 is 1.67 bits per heavy atom. The number of fused-ring (bicyclic) bond motifs is 1. The molecule has 230 valence electrons. The highest BCUT2D eigenvalue weighted by Gasteiger charge is 2.35. The molecule has 5 aromatic rings. The first kappa shape index (κ1) is 30.6. The van der Waals surface area contributed by atoms with Crippen LogP contribution in [0.1, 0.15) is 16.7 Å². The van der Waals surface area contributed by atoms with Crippen LogP contribution in [0.3, 0.4) is 0 Å². The summed E-state index contributed by atoms with van der Waals surface area (Å²) in [5.74, 6) is -4.33. The van der Waals surface area contributed by atoms with Crippen molar-refractivity contribution < 1.29 is 22.0 Å². The normalized spacial score (nSPS) is 13.9. The van der Waals surface area contributed by atoms with E-state index in [0.29, 0.717) is 27.9 Å². The van der Waals surface area contributed by atoms with Gasteiger partial charge in [0, 0.05) is 35.1 Å². The summed E-state index contributed by atoms with van der Waals surface area (Å²) in [5, 5.41) is 18.2. The molecule has 0 amide bonds. The van der Waals surface area contributed by atoms with Gasteiger partial charge in [-0.15, -0.1) is 5.53 Å². The summed E-state index contributed by atoms with van der Waals surface area (Å²) in [6.07, 6.45) is 3.99. The highest BCUT2D eigenvalue weighted by atomic mass is 35.5. The number of pyridine rings is 2. The van der Waals surface area contributed by atoms with Gasteiger partial charge in [-0.05, 0) is 42.0 Å². The minimum Gasteiger partial charge on any atom is -0.378 e. The molecule has 1 unspecified atom stereocenters. The number of rotatable bonds is 8. The van der Waals surface area contributed by atoms with E-state index >= 15 is 0 Å². The van der Waals surface area contributed by atoms with Gasteiger partial charge in [0.05, 0.1) is 51.4 Å². The molecule has 0 saturated heterocycles. The summed E-state index contributed by atoms with van der Waals surface area (Å²) in [4.78, 5) is 7.70. The fraction of sp³-hybridized carbons (Fsp3) is 0.0645. The zero-order chi connectivity index (χ0) is 32.6. The largest absolute Gasteiger partial charge is 0.378 e. The topological polar surface area (TPSA) is 101 Å². The van der Waals surface area contributed by atoms with E-state index in [1.165, 1.54) is 41.5 Å². The first-order chi connectivity index (χ1) is 22.0. The summed E-state index contributed by atoms with van der Waals surface area (Å²) in [6.45, 7) is -0.160. The third-order valence-electron chi connectivity index (χ3n) is 7.47. The lowest BCUT2D eigenvalue weighted by Gasteiger charge is -2.34. The van der Waals surface area contributed by atoms with Crippen molar-refractivity contribution in [1.82, 2.24) is 25.9 Å². The molecule has 0 bridgehead atoms. The molecule has 3 aromatic carbocycles. The number of halogens is 6. The van der Waals surface area contributed by atoms with E-state index in [9.17, 15) is 27.2 Å². The highest BCUT2D eigenvalue weighted by molar-refractivity contribution is 6.36. The van der Waals surface area contributed by atoms with Gasteiger partial charge in [0.15, 0.2) is 5.82 Å². The zero-order valence-electron chi connectivity index (χ0n) is 23.8. The molecule has 4 N–H and O–H groups in total. The SMILES string of the molecule is BC(Nc1cc(Cl)c2ncc(C#N)c(Nc3cnc(F)c(F)c3)c2c1)(C1=CN(Cc2c(F)cccc2F)NN1)c1ccc(F)cc1. The maximum Gasteiger partial charge on any atom is 0.249 e. The minimum absolute atomic E-state index is 0.0753. The van der Waals surface area contributed by atoms with E-state index in [1.54, 1.807) is 38.3 Å². The van der Waals surface area contributed by atoms with Crippen LogP contribution in [0.25, 0.3) is 10.9 Å². The number of anilines is 3. The summed E-state index contributed by atoms with van der Waals surface area (Å²) < 4.78 is 70.2. The minimum atomic E-state index is -1.28. The number of nitriles is 1. The molecule has 0 aliphatic carbocycles. The Morgan fingerprint density at radius 1 is 0.935 bits per heavy atom. The van der Waals surface area contributed by atoms with Crippen molar-refractivity contribution in [2.45, 2.75) is 12.0 Å². The molecule has 3 heterocycles. The summed E-state index contributed by atoms with van der Waals surface area (Å²) >= 11 is 6.67. The average Bonchev–Trinajstić information content (AvgIpc) is 3.51. The monoisotopic (exact) mass is 646 g/mol. The van der Waals surface area contributed by atoms with Crippen molar-refractivity contribution in [1.29, 1.82) is 5.26 Å². The predicted molar refractivity (Wildman–Crippen MR) is 165 cm³/mol. The van der Waals surface area contributed by atoms with Crippen LogP contribution < -0.4 is 21.6 Å². The van der Waals surface area contributed by atoms with Crippen LogP contribution in [0.15, 0.2) is 85.0 Å². The summed E-state index contributed by atoms with van der Waals surface area (Å²) in [5.41, 5.74) is 6.82. The Kier molecular flexibility index (Phi) is 8.12. The first-order valence-corrected chi connectivity index (χ1v) is 14.0. The van der Waals surface area contributed by atoms with Crippen LogP contribution in [-0.2, 0) is 12.0 Å². The fourth-order valence-electron chi connectivity index (χ4n) is 5.10. The Labute approximate surface area is 264 Å². The summed E-state index contributed by atoms with van der Waals surface area (Å²) in [7, 11) is 1.79. The number of nitrogens with zero attached hydrogens (tertiary/aromatic N) is 4. The molecule has 0 radical (unpaired) electrons. The number of aromatic nitrogens is 2. The van der Waals surface area contributed by atoms with Crippen molar-refractivity contribution in [2.24, 2.45) is 0 Å². The van der Waals surface area contributed by atoms with Crippen molar-refractivity contribution in [3.63, 3.8) is 0 Å². The Bertz CT molecular complexity index is 2040. The number of hydrazine groups is 2. The second kappa shape index (κ2) is 12.2. The van der Waals surface area contributed by atoms with Crippen LogP contribution in [0, 0.1) is 40.5 Å². The molecule has 0 saturated carbocycles. The van der Waals surface area contributed by atoms with E-state index in [2.05, 4.69) is 31.6 Å². The second-order valence-electron chi connectivity index (χ2n) is 10.5. The quantitative estimate of drug-likeness (QED) is 0.0946. The third-order valence-corrected chi connectivity index (χ3v) is 7.76. The van der Waals surface area contributed by atoms with E-state index in [1.807, 2.05) is 6.07 Å². The molecule has 1 aliphatic heterocycles. The molecular weight excluding hydrogens is 626 g/mol. The van der Waals surface area contributed by atoms with Crippen LogP contribution >= 0.6 is 11.6 Å². The van der Waals surface area contributed by atoms with Crippen LogP contribution in [0.5, 0.6) is 0 Å². The van der Waals surface area contributed by atoms with Crippen LogP contribution in [0.4, 0.5) is 39.0 Å². The van der Waals surface area contributed by atoms with E-state index < -0.39 is 34.7 Å². The Hall–Kier alpha value is -5.39. The molecule has 6 rings (SSSR count). The highest BCUT2D eigenvalue weighted by Crippen LogP contribution is 2.38. The average molecular weight is 647 g/mol. The number of benzene rings is 3. The number of hydrogen-bond acceptors (Lipinski definition) is 8. The fourth-order valence-corrected chi connectivity index (χ4v) is 5.37. The maximum atomic E-state index is 14.4. The van der Waals surface area contributed by atoms with Gasteiger partial charge in [-0.25, -0.2) is 22.5 Å². The molecule has 1 atom stereocenters. The Morgan fingerprint density at radius 3 is 2.37 bits per heavy atom. The lowest BCUT2D eigenvalue weighted by Crippen LogP contribution is -2.45. The van der Waals surface area contributed by atoms with Gasteiger partial charge in [-0.1, -0.05) is 29.8 Å². The zero-order valence-corrected chi connectivity index (χ0v) is 24.5.